The summed E-state index contributed by atoms with van der Waals surface area (Å²) >= 11 is 6.36. The summed E-state index contributed by atoms with van der Waals surface area (Å²) in [7, 11) is 0. The number of nitrogens with zero attached hydrogens (tertiary/aromatic N) is 6. The summed E-state index contributed by atoms with van der Waals surface area (Å²) in [5.74, 6) is 1.49. The third-order valence-electron chi connectivity index (χ3n) is 14.6. The Hall–Kier alpha value is -3.29. The summed E-state index contributed by atoms with van der Waals surface area (Å²) in [6, 6.07) is 10.3. The standard InChI is InChI=1S/C42H58ClN9O3/c43-30-8-6-29(7-9-30)42(34-26-35(42)52(34)40(54)41(45)15-24-50(25-16-41)38-33-10-18-46-37(33)47-27-48-38)17-23-49-19-11-31(12-20-49)55-32-13-21-51(22-14-32)39(53)36(44)28-4-2-1-3-5-28/h6-10,18,27-28,31-32,34-36H,1-5,11-17,19-26,44-45H2,(H,46,47,48)/t34?,35?,36-,42?/m1/s1. The lowest BCUT2D eigenvalue weighted by molar-refractivity contribution is -0.215. The van der Waals surface area contributed by atoms with Crippen molar-refractivity contribution in [1.82, 2.24) is 29.7 Å². The quantitative estimate of drug-likeness (QED) is 0.269. The monoisotopic (exact) mass is 771 g/mol. The molecule has 7 fully saturated rings. The second-order valence-electron chi connectivity index (χ2n) is 17.5. The first-order chi connectivity index (χ1) is 26.7. The number of carbonyl (C=O) groups is 2. The molecule has 2 bridgehead atoms. The van der Waals surface area contributed by atoms with Crippen molar-refractivity contribution >= 4 is 40.3 Å². The van der Waals surface area contributed by atoms with Gasteiger partial charge in [-0.05, 0) is 100 Å². The number of carbonyl (C=O) groups excluding carboxylic acids is 2. The van der Waals surface area contributed by atoms with Gasteiger partial charge in [0.25, 0.3) is 0 Å². The van der Waals surface area contributed by atoms with Gasteiger partial charge >= 0.3 is 0 Å². The fourth-order valence-corrected chi connectivity index (χ4v) is 11.1. The van der Waals surface area contributed by atoms with E-state index < -0.39 is 5.54 Å². The number of aromatic nitrogens is 3. The number of fused-ring (bicyclic) bond motifs is 1. The number of nitrogens with one attached hydrogen (secondary N) is 1. The number of amides is 2. The Morgan fingerprint density at radius 3 is 2.24 bits per heavy atom. The number of piperidine rings is 3. The van der Waals surface area contributed by atoms with E-state index in [0.29, 0.717) is 31.8 Å². The lowest BCUT2D eigenvalue weighted by atomic mass is 9.46. The van der Waals surface area contributed by atoms with E-state index >= 15 is 0 Å². The molecule has 3 atom stereocenters. The Balaban J connectivity index is 0.768. The molecule has 12 nitrogen and oxygen atoms in total. The number of anilines is 1. The van der Waals surface area contributed by atoms with Gasteiger partial charge in [-0.25, -0.2) is 9.97 Å². The SMILES string of the molecule is N[C@@H](C(=O)N1CCC(OC2CCN(CCC3(c4ccc(Cl)cc4)C4CC3N4C(=O)C3(N)CCN(c4ncnc5[nH]ccc45)CC3)CC2)CC1)C1CCCCC1. The van der Waals surface area contributed by atoms with Gasteiger partial charge in [0.15, 0.2) is 0 Å². The van der Waals surface area contributed by atoms with Gasteiger partial charge in [0, 0.05) is 68.0 Å². The highest BCUT2D eigenvalue weighted by atomic mass is 35.5. The molecule has 2 aromatic heterocycles. The van der Waals surface area contributed by atoms with Crippen LogP contribution in [0.25, 0.3) is 11.0 Å². The van der Waals surface area contributed by atoms with Crippen LogP contribution in [0.5, 0.6) is 0 Å². The first kappa shape index (κ1) is 37.3. The fourth-order valence-electron chi connectivity index (χ4n) is 11.0. The van der Waals surface area contributed by atoms with Crippen LogP contribution < -0.4 is 16.4 Å². The highest BCUT2D eigenvalue weighted by Gasteiger charge is 2.73. The number of hydrogen-bond donors (Lipinski definition) is 3. The van der Waals surface area contributed by atoms with Crippen molar-refractivity contribution in [2.75, 3.05) is 50.7 Å². The van der Waals surface area contributed by atoms with Crippen molar-refractivity contribution in [1.29, 1.82) is 0 Å². The van der Waals surface area contributed by atoms with Crippen LogP contribution in [0.3, 0.4) is 0 Å². The minimum atomic E-state index is -0.875. The van der Waals surface area contributed by atoms with E-state index in [1.165, 1.54) is 24.8 Å². The molecule has 5 aliphatic heterocycles. The van der Waals surface area contributed by atoms with Crippen LogP contribution in [-0.2, 0) is 19.7 Å². The third-order valence-corrected chi connectivity index (χ3v) is 14.8. The van der Waals surface area contributed by atoms with E-state index in [1.54, 1.807) is 6.33 Å². The maximum Gasteiger partial charge on any atom is 0.243 e. The molecule has 5 saturated heterocycles. The van der Waals surface area contributed by atoms with Crippen molar-refractivity contribution < 1.29 is 14.3 Å². The number of benzene rings is 1. The Morgan fingerprint density at radius 1 is 0.891 bits per heavy atom. The zero-order valence-electron chi connectivity index (χ0n) is 32.1. The molecule has 55 heavy (non-hydrogen) atoms. The fraction of sp³-hybridized carbons (Fsp3) is 0.667. The van der Waals surface area contributed by atoms with Gasteiger partial charge in [0.1, 0.15) is 17.8 Å². The molecular formula is C42H58ClN9O3. The predicted molar refractivity (Wildman–Crippen MR) is 214 cm³/mol. The normalized spacial score (nSPS) is 28.5. The lowest BCUT2D eigenvalue weighted by Crippen LogP contribution is -2.88. The Morgan fingerprint density at radius 2 is 1.56 bits per heavy atom. The summed E-state index contributed by atoms with van der Waals surface area (Å²) in [6.07, 6.45) is 16.8. The lowest BCUT2D eigenvalue weighted by Gasteiger charge is -2.76. The van der Waals surface area contributed by atoms with Crippen LogP contribution in [0.2, 0.25) is 5.02 Å². The van der Waals surface area contributed by atoms with E-state index in [0.717, 1.165) is 106 Å². The maximum atomic E-state index is 14.3. The summed E-state index contributed by atoms with van der Waals surface area (Å²) in [4.78, 5) is 48.4. The number of H-pyrrole nitrogens is 1. The van der Waals surface area contributed by atoms with Crippen molar-refractivity contribution in [3.8, 4) is 0 Å². The molecule has 7 aliphatic rings. The van der Waals surface area contributed by atoms with Gasteiger partial charge in [0.2, 0.25) is 11.8 Å². The molecule has 5 N–H and O–H groups in total. The largest absolute Gasteiger partial charge is 0.375 e. The summed E-state index contributed by atoms with van der Waals surface area (Å²) in [5.41, 5.74) is 14.6. The molecule has 10 rings (SSSR count). The van der Waals surface area contributed by atoms with Gasteiger partial charge in [-0.2, -0.15) is 0 Å². The summed E-state index contributed by atoms with van der Waals surface area (Å²) in [6.45, 7) is 5.87. The predicted octanol–water partition coefficient (Wildman–Crippen LogP) is 4.60. The van der Waals surface area contributed by atoms with Crippen molar-refractivity contribution in [2.24, 2.45) is 17.4 Å². The highest BCUT2D eigenvalue weighted by Crippen LogP contribution is 2.63. The highest BCUT2D eigenvalue weighted by molar-refractivity contribution is 6.30. The molecule has 2 unspecified atom stereocenters. The molecule has 2 amide bonds. The number of halogens is 1. The molecule has 3 aromatic rings. The summed E-state index contributed by atoms with van der Waals surface area (Å²) < 4.78 is 6.65. The first-order valence-corrected chi connectivity index (χ1v) is 21.4. The van der Waals surface area contributed by atoms with E-state index in [-0.39, 0.29) is 47.6 Å². The van der Waals surface area contributed by atoms with Crippen LogP contribution in [0.15, 0.2) is 42.9 Å². The number of aromatic amines is 1. The van der Waals surface area contributed by atoms with Crippen molar-refractivity contribution in [3.63, 3.8) is 0 Å². The van der Waals surface area contributed by atoms with Crippen molar-refractivity contribution in [3.05, 3.63) is 53.4 Å². The van der Waals surface area contributed by atoms with E-state index in [4.69, 9.17) is 27.8 Å². The molecule has 296 valence electrons. The average molecular weight is 772 g/mol. The molecule has 13 heteroatoms. The summed E-state index contributed by atoms with van der Waals surface area (Å²) in [5, 5.41) is 1.72. The second-order valence-corrected chi connectivity index (χ2v) is 17.9. The topological polar surface area (TPSA) is 150 Å². The zero-order chi connectivity index (χ0) is 37.7. The van der Waals surface area contributed by atoms with Gasteiger partial charge < -0.3 is 40.8 Å². The van der Waals surface area contributed by atoms with Gasteiger partial charge in [-0.3, -0.25) is 9.59 Å². The van der Waals surface area contributed by atoms with Crippen LogP contribution in [0.1, 0.15) is 89.0 Å². The van der Waals surface area contributed by atoms with Crippen LogP contribution in [0, 0.1) is 5.92 Å². The number of rotatable bonds is 10. The van der Waals surface area contributed by atoms with Gasteiger partial charge in [-0.1, -0.05) is 43.0 Å². The Kier molecular flexibility index (Phi) is 10.3. The zero-order valence-corrected chi connectivity index (χ0v) is 32.8. The molecule has 0 radical (unpaired) electrons. The van der Waals surface area contributed by atoms with E-state index in [1.807, 2.05) is 29.3 Å². The molecule has 2 saturated carbocycles. The smallest absolute Gasteiger partial charge is 0.243 e. The average Bonchev–Trinajstić information content (AvgIpc) is 3.69. The molecule has 7 heterocycles. The Bertz CT molecular complexity index is 1810. The van der Waals surface area contributed by atoms with Crippen LogP contribution >= 0.6 is 11.6 Å². The van der Waals surface area contributed by atoms with Crippen molar-refractivity contribution in [2.45, 2.75) is 125 Å². The minimum Gasteiger partial charge on any atom is -0.375 e. The second kappa shape index (κ2) is 15.2. The first-order valence-electron chi connectivity index (χ1n) is 21.1. The van der Waals surface area contributed by atoms with E-state index in [9.17, 15) is 9.59 Å². The number of ether oxygens (including phenoxy) is 1. The molecule has 1 aromatic carbocycles. The van der Waals surface area contributed by atoms with Gasteiger partial charge in [0.05, 0.1) is 29.2 Å². The number of hydrogen-bond acceptors (Lipinski definition) is 9. The van der Waals surface area contributed by atoms with E-state index in [2.05, 4.69) is 41.8 Å². The third kappa shape index (κ3) is 6.83. The number of nitrogens with two attached hydrogens (primary N) is 2. The maximum absolute atomic E-state index is 14.3. The van der Waals surface area contributed by atoms with Crippen LogP contribution in [0.4, 0.5) is 5.82 Å². The van der Waals surface area contributed by atoms with Gasteiger partial charge in [-0.15, -0.1) is 0 Å². The van der Waals surface area contributed by atoms with Crippen LogP contribution in [-0.4, -0.2) is 123 Å². The molecule has 2 aliphatic carbocycles. The Labute approximate surface area is 329 Å². The molecular weight excluding hydrogens is 714 g/mol. The molecule has 0 spiro atoms. The number of likely N-dealkylation sites (tertiary alicyclic amines) is 2. The minimum absolute atomic E-state index is 0.0730.